The van der Waals surface area contributed by atoms with E-state index in [1.807, 2.05) is 19.1 Å². The van der Waals surface area contributed by atoms with E-state index in [4.69, 9.17) is 9.47 Å². The predicted octanol–water partition coefficient (Wildman–Crippen LogP) is 6.55. The van der Waals surface area contributed by atoms with Crippen LogP contribution in [-0.2, 0) is 40.2 Å². The van der Waals surface area contributed by atoms with Gasteiger partial charge in [-0.05, 0) is 86.1 Å². The number of pyridine rings is 1. The molecule has 2 aliphatic heterocycles. The van der Waals surface area contributed by atoms with E-state index in [1.54, 1.807) is 37.4 Å². The van der Waals surface area contributed by atoms with Crippen LogP contribution < -0.4 is 4.74 Å². The Morgan fingerprint density at radius 2 is 1.91 bits per heavy atom. The SMILES string of the molecule is C=C[C@@H]1C[C@]1(CC(=O)[C@@H]1C[C@@H]2CN1C(=O)[C@H](CCCC)CC(=O)OCCCCCc1ccc3ccnc(c3c1)O2)C(=O)CS(=O)(=O)c1ccccc1C. The number of rotatable bonds is 11. The summed E-state index contributed by atoms with van der Waals surface area (Å²) in [4.78, 5) is 62.1. The zero-order valence-electron chi connectivity index (χ0n) is 30.8. The normalized spacial score (nSPS) is 25.3. The lowest BCUT2D eigenvalue weighted by Gasteiger charge is -2.29. The van der Waals surface area contributed by atoms with E-state index < -0.39 is 50.8 Å². The Labute approximate surface area is 312 Å². The summed E-state index contributed by atoms with van der Waals surface area (Å²) in [7, 11) is -3.98. The number of sulfone groups is 1. The highest BCUT2D eigenvalue weighted by atomic mass is 32.2. The number of hydrogen-bond donors (Lipinski definition) is 0. The predicted molar refractivity (Wildman–Crippen MR) is 201 cm³/mol. The molecule has 2 aromatic carbocycles. The molecule has 4 bridgehead atoms. The van der Waals surface area contributed by atoms with E-state index >= 15 is 0 Å². The third-order valence-electron chi connectivity index (χ3n) is 11.2. The van der Waals surface area contributed by atoms with Crippen LogP contribution in [-0.4, -0.2) is 72.8 Å². The smallest absolute Gasteiger partial charge is 0.306 e. The van der Waals surface area contributed by atoms with E-state index in [0.717, 1.165) is 42.0 Å². The third-order valence-corrected chi connectivity index (χ3v) is 13.0. The Bertz CT molecular complexity index is 1990. The molecule has 10 nitrogen and oxygen atoms in total. The fraction of sp³-hybridized carbons (Fsp3) is 0.500. The number of unbranched alkanes of at least 4 members (excludes halogenated alkanes) is 1. The lowest BCUT2D eigenvalue weighted by molar-refractivity contribution is -0.150. The molecular formula is C42H50N2O8S. The average molecular weight is 743 g/mol. The molecule has 3 heterocycles. The quantitative estimate of drug-likeness (QED) is 0.158. The van der Waals surface area contributed by atoms with E-state index in [0.29, 0.717) is 37.1 Å². The molecule has 1 saturated heterocycles. The number of aromatic nitrogens is 1. The number of ether oxygens (including phenoxy) is 2. The summed E-state index contributed by atoms with van der Waals surface area (Å²) in [5.74, 6) is -3.00. The van der Waals surface area contributed by atoms with Gasteiger partial charge in [0.25, 0.3) is 0 Å². The highest BCUT2D eigenvalue weighted by molar-refractivity contribution is 7.92. The fourth-order valence-corrected chi connectivity index (χ4v) is 9.71. The number of Topliss-reactive ketones (excluding diaryl/α,β-unsaturated/α-hetero) is 2. The Kier molecular flexibility index (Phi) is 11.8. The number of cyclic esters (lactones) is 1. The summed E-state index contributed by atoms with van der Waals surface area (Å²) in [6, 6.07) is 13.7. The molecule has 53 heavy (non-hydrogen) atoms. The van der Waals surface area contributed by atoms with Crippen LogP contribution in [0.15, 0.2) is 72.3 Å². The molecule has 11 heteroatoms. The Morgan fingerprint density at radius 3 is 2.66 bits per heavy atom. The molecule has 0 unspecified atom stereocenters. The minimum absolute atomic E-state index is 0.0885. The highest BCUT2D eigenvalue weighted by Gasteiger charge is 2.60. The van der Waals surface area contributed by atoms with Crippen LogP contribution in [0, 0.1) is 24.2 Å². The van der Waals surface area contributed by atoms with Gasteiger partial charge in [-0.3, -0.25) is 19.2 Å². The van der Waals surface area contributed by atoms with Crippen LogP contribution in [0.3, 0.4) is 0 Å². The van der Waals surface area contributed by atoms with Gasteiger partial charge in [0, 0.05) is 35.8 Å². The van der Waals surface area contributed by atoms with Crippen molar-refractivity contribution >= 4 is 44.1 Å². The van der Waals surface area contributed by atoms with Crippen molar-refractivity contribution in [2.45, 2.75) is 102 Å². The van der Waals surface area contributed by atoms with Crippen molar-refractivity contribution in [2.75, 3.05) is 18.9 Å². The molecule has 0 spiro atoms. The fourth-order valence-electron chi connectivity index (χ4n) is 8.07. The molecule has 6 rings (SSSR count). The second-order valence-corrected chi connectivity index (χ2v) is 17.0. The number of aryl methyl sites for hydroxylation is 2. The highest BCUT2D eigenvalue weighted by Crippen LogP contribution is 2.57. The van der Waals surface area contributed by atoms with Crippen molar-refractivity contribution in [1.82, 2.24) is 9.88 Å². The topological polar surface area (TPSA) is 137 Å². The zero-order chi connectivity index (χ0) is 37.8. The lowest BCUT2D eigenvalue weighted by atomic mass is 9.88. The molecule has 1 aromatic heterocycles. The maximum atomic E-state index is 14.5. The summed E-state index contributed by atoms with van der Waals surface area (Å²) in [5, 5.41) is 1.81. The van der Waals surface area contributed by atoms with Crippen LogP contribution in [0.2, 0.25) is 0 Å². The van der Waals surface area contributed by atoms with Gasteiger partial charge in [-0.2, -0.15) is 0 Å². The molecular weight excluding hydrogens is 693 g/mol. The molecule has 282 valence electrons. The second-order valence-electron chi connectivity index (χ2n) is 15.0. The van der Waals surface area contributed by atoms with Gasteiger partial charge < -0.3 is 14.4 Å². The van der Waals surface area contributed by atoms with Gasteiger partial charge in [0.2, 0.25) is 11.8 Å². The lowest BCUT2D eigenvalue weighted by Crippen LogP contribution is -2.45. The standard InChI is InChI=1S/C42H50N2O8S/c1-4-6-14-31-22-39(47)51-20-11-7-8-13-29-16-17-30-18-19-43-40(34(30)21-29)52-33-23-35(44(26-33)41(31)48)36(45)25-42(24-32(42)5-2)38(46)27-53(49,50)37-15-10-9-12-28(37)3/h5,9-10,12,15-19,21,31-33,35H,2,4,6-8,11,13-14,20,22-27H2,1,3H3/t31-,32-,33-,35+,42-/m1/s1. The molecule has 3 aromatic rings. The van der Waals surface area contributed by atoms with Gasteiger partial charge in [-0.25, -0.2) is 13.4 Å². The molecule has 1 amide bonds. The Balaban J connectivity index is 1.31. The van der Waals surface area contributed by atoms with Crippen molar-refractivity contribution in [2.24, 2.45) is 17.3 Å². The summed E-state index contributed by atoms with van der Waals surface area (Å²) >= 11 is 0. The first-order valence-electron chi connectivity index (χ1n) is 18.9. The minimum atomic E-state index is -3.98. The van der Waals surface area contributed by atoms with Gasteiger partial charge in [-0.15, -0.1) is 6.58 Å². The molecule has 0 N–H and O–H groups in total. The Morgan fingerprint density at radius 1 is 1.09 bits per heavy atom. The monoisotopic (exact) mass is 742 g/mol. The Hall–Kier alpha value is -4.38. The molecule has 3 aliphatic rings. The summed E-state index contributed by atoms with van der Waals surface area (Å²) in [6.07, 6.45) is 8.20. The van der Waals surface area contributed by atoms with Crippen molar-refractivity contribution in [1.29, 1.82) is 0 Å². The van der Waals surface area contributed by atoms with E-state index in [2.05, 4.69) is 23.7 Å². The number of carbonyl (C=O) groups is 4. The van der Waals surface area contributed by atoms with Crippen molar-refractivity contribution in [3.63, 3.8) is 0 Å². The zero-order valence-corrected chi connectivity index (χ0v) is 31.6. The number of nitrogens with zero attached hydrogens (tertiary/aromatic N) is 2. The van der Waals surface area contributed by atoms with E-state index in [9.17, 15) is 27.6 Å². The number of ketones is 2. The third kappa shape index (κ3) is 8.56. The minimum Gasteiger partial charge on any atom is -0.472 e. The summed E-state index contributed by atoms with van der Waals surface area (Å²) < 4.78 is 39.0. The van der Waals surface area contributed by atoms with Crippen LogP contribution in [0.5, 0.6) is 5.88 Å². The van der Waals surface area contributed by atoms with Gasteiger partial charge in [0.05, 0.1) is 30.5 Å². The van der Waals surface area contributed by atoms with Crippen molar-refractivity contribution < 1.29 is 37.1 Å². The molecule has 5 atom stereocenters. The van der Waals surface area contributed by atoms with Crippen LogP contribution in [0.25, 0.3) is 10.8 Å². The first-order valence-corrected chi connectivity index (χ1v) is 20.6. The number of allylic oxidation sites excluding steroid dienone is 1. The second kappa shape index (κ2) is 16.3. The van der Waals surface area contributed by atoms with Crippen molar-refractivity contribution in [3.05, 3.63) is 78.5 Å². The van der Waals surface area contributed by atoms with Crippen molar-refractivity contribution in [3.8, 4) is 5.88 Å². The van der Waals surface area contributed by atoms with Crippen LogP contribution >= 0.6 is 0 Å². The van der Waals surface area contributed by atoms with Gasteiger partial charge in [-0.1, -0.05) is 56.2 Å². The van der Waals surface area contributed by atoms with Crippen LogP contribution in [0.4, 0.5) is 0 Å². The van der Waals surface area contributed by atoms with E-state index in [-0.39, 0.29) is 54.9 Å². The van der Waals surface area contributed by atoms with Gasteiger partial charge >= 0.3 is 5.97 Å². The first-order chi connectivity index (χ1) is 25.5. The van der Waals surface area contributed by atoms with Gasteiger partial charge in [0.1, 0.15) is 11.9 Å². The maximum absolute atomic E-state index is 14.5. The number of esters is 1. The molecule has 1 saturated carbocycles. The number of fused-ring (bicyclic) bond motifs is 3. The number of hydrogen-bond acceptors (Lipinski definition) is 9. The molecule has 1 aliphatic carbocycles. The number of carbonyl (C=O) groups excluding carboxylic acids is 4. The molecule has 2 fully saturated rings. The van der Waals surface area contributed by atoms with Crippen LogP contribution in [0.1, 0.15) is 82.3 Å². The average Bonchev–Trinajstić information content (AvgIpc) is 3.70. The summed E-state index contributed by atoms with van der Waals surface area (Å²) in [6.45, 7) is 7.94. The summed E-state index contributed by atoms with van der Waals surface area (Å²) in [5.41, 5.74) is 0.441. The number of benzene rings is 2. The van der Waals surface area contributed by atoms with E-state index in [1.165, 1.54) is 11.0 Å². The maximum Gasteiger partial charge on any atom is 0.306 e. The molecule has 0 radical (unpaired) electrons. The van der Waals surface area contributed by atoms with Gasteiger partial charge in [0.15, 0.2) is 21.4 Å². The largest absolute Gasteiger partial charge is 0.472 e. The number of amides is 1. The first kappa shape index (κ1) is 38.3.